The topological polar surface area (TPSA) is 74.3 Å². The number of ketones is 1. The number of Topliss-reactive ketones (excluding diaryl/α,β-unsaturated/α-hetero) is 1. The van der Waals surface area contributed by atoms with Gasteiger partial charge >= 0.3 is 6.09 Å². The number of fused-ring (bicyclic) bond motifs is 2. The third kappa shape index (κ3) is 5.66. The molecule has 0 saturated carbocycles. The maximum Gasteiger partial charge on any atom is 0.410 e. The highest BCUT2D eigenvalue weighted by Gasteiger charge is 2.45. The minimum Gasteiger partial charge on any atom is -0.444 e. The standard InChI is InChI=1S/C19H33NO6/c1-6-24-17(25-7-2)10-16(21)13-8-14-11-23-12-15(9-13)20(14)18(22)26-19(3,4)5/h13-15,17H,6-12H2,1-5H3. The van der Waals surface area contributed by atoms with Crippen molar-refractivity contribution in [1.82, 2.24) is 4.90 Å². The van der Waals surface area contributed by atoms with Gasteiger partial charge in [0, 0.05) is 19.1 Å². The summed E-state index contributed by atoms with van der Waals surface area (Å²) in [4.78, 5) is 27.1. The fourth-order valence-corrected chi connectivity index (χ4v) is 3.66. The van der Waals surface area contributed by atoms with E-state index in [1.807, 2.05) is 34.6 Å². The molecule has 2 fully saturated rings. The molecule has 0 aromatic heterocycles. The number of amides is 1. The van der Waals surface area contributed by atoms with Gasteiger partial charge in [-0.25, -0.2) is 4.79 Å². The van der Waals surface area contributed by atoms with Gasteiger partial charge < -0.3 is 18.9 Å². The monoisotopic (exact) mass is 371 g/mol. The molecule has 2 saturated heterocycles. The first-order chi connectivity index (χ1) is 12.2. The average molecular weight is 371 g/mol. The summed E-state index contributed by atoms with van der Waals surface area (Å²) < 4.78 is 22.2. The zero-order valence-electron chi connectivity index (χ0n) is 16.7. The first-order valence-corrected chi connectivity index (χ1v) is 9.60. The normalized spacial score (nSPS) is 26.1. The Labute approximate surface area is 156 Å². The molecule has 7 heteroatoms. The van der Waals surface area contributed by atoms with Gasteiger partial charge in [0.25, 0.3) is 0 Å². The molecule has 0 N–H and O–H groups in total. The minimum absolute atomic E-state index is 0.101. The smallest absolute Gasteiger partial charge is 0.410 e. The van der Waals surface area contributed by atoms with Crippen LogP contribution in [0.15, 0.2) is 0 Å². The molecule has 0 spiro atoms. The van der Waals surface area contributed by atoms with E-state index < -0.39 is 11.9 Å². The van der Waals surface area contributed by atoms with E-state index in [-0.39, 0.29) is 36.3 Å². The Hall–Kier alpha value is -1.18. The van der Waals surface area contributed by atoms with E-state index in [9.17, 15) is 9.59 Å². The van der Waals surface area contributed by atoms with Crippen LogP contribution in [0.5, 0.6) is 0 Å². The van der Waals surface area contributed by atoms with Gasteiger partial charge in [-0.05, 0) is 47.5 Å². The summed E-state index contributed by atoms with van der Waals surface area (Å²) in [5.74, 6) is 0.0358. The predicted molar refractivity (Wildman–Crippen MR) is 95.9 cm³/mol. The van der Waals surface area contributed by atoms with Gasteiger partial charge in [-0.3, -0.25) is 9.69 Å². The molecular weight excluding hydrogens is 338 g/mol. The zero-order valence-corrected chi connectivity index (χ0v) is 16.7. The molecule has 2 bridgehead atoms. The van der Waals surface area contributed by atoms with Crippen LogP contribution in [-0.4, -0.2) is 67.2 Å². The Morgan fingerprint density at radius 1 is 1.08 bits per heavy atom. The molecule has 2 heterocycles. The molecule has 150 valence electrons. The van der Waals surface area contributed by atoms with Crippen molar-refractivity contribution in [3.05, 3.63) is 0 Å². The predicted octanol–water partition coefficient (Wildman–Crippen LogP) is 2.76. The van der Waals surface area contributed by atoms with E-state index in [0.717, 1.165) is 0 Å². The van der Waals surface area contributed by atoms with Crippen molar-refractivity contribution in [1.29, 1.82) is 0 Å². The molecule has 2 aliphatic rings. The van der Waals surface area contributed by atoms with Crippen LogP contribution < -0.4 is 0 Å². The fraction of sp³-hybridized carbons (Fsp3) is 0.895. The number of hydrogen-bond donors (Lipinski definition) is 0. The number of rotatable bonds is 7. The number of ether oxygens (including phenoxy) is 4. The summed E-state index contributed by atoms with van der Waals surface area (Å²) in [5.41, 5.74) is -0.541. The Bertz CT molecular complexity index is 469. The van der Waals surface area contributed by atoms with Crippen molar-refractivity contribution in [2.75, 3.05) is 26.4 Å². The Kier molecular flexibility index (Phi) is 7.43. The van der Waals surface area contributed by atoms with Crippen molar-refractivity contribution in [3.63, 3.8) is 0 Å². The first-order valence-electron chi connectivity index (χ1n) is 9.60. The Balaban J connectivity index is 2.00. The van der Waals surface area contributed by atoms with Gasteiger partial charge in [-0.2, -0.15) is 0 Å². The molecule has 2 rings (SSSR count). The van der Waals surface area contributed by atoms with Gasteiger partial charge in [0.15, 0.2) is 6.29 Å². The fourth-order valence-electron chi connectivity index (χ4n) is 3.66. The lowest BCUT2D eigenvalue weighted by atomic mass is 9.82. The highest BCUT2D eigenvalue weighted by Crippen LogP contribution is 2.34. The number of carbonyl (C=O) groups is 2. The van der Waals surface area contributed by atoms with Crippen LogP contribution in [0.1, 0.15) is 53.9 Å². The van der Waals surface area contributed by atoms with Gasteiger partial charge in [0.05, 0.1) is 31.7 Å². The number of piperidine rings is 1. The van der Waals surface area contributed by atoms with Crippen molar-refractivity contribution in [3.8, 4) is 0 Å². The van der Waals surface area contributed by atoms with Gasteiger partial charge in [0.2, 0.25) is 0 Å². The van der Waals surface area contributed by atoms with Crippen molar-refractivity contribution < 1.29 is 28.5 Å². The Morgan fingerprint density at radius 2 is 1.62 bits per heavy atom. The van der Waals surface area contributed by atoms with Crippen LogP contribution in [0.3, 0.4) is 0 Å². The van der Waals surface area contributed by atoms with E-state index >= 15 is 0 Å². The van der Waals surface area contributed by atoms with Crippen LogP contribution in [0.25, 0.3) is 0 Å². The summed E-state index contributed by atoms with van der Waals surface area (Å²) in [6.45, 7) is 11.2. The second-order valence-electron chi connectivity index (χ2n) is 7.91. The minimum atomic E-state index is -0.541. The lowest BCUT2D eigenvalue weighted by Crippen LogP contribution is -2.60. The summed E-state index contributed by atoms with van der Waals surface area (Å²) >= 11 is 0. The second-order valence-corrected chi connectivity index (χ2v) is 7.91. The third-order valence-corrected chi connectivity index (χ3v) is 4.65. The summed E-state index contributed by atoms with van der Waals surface area (Å²) in [7, 11) is 0. The van der Waals surface area contributed by atoms with Gasteiger partial charge in [-0.1, -0.05) is 0 Å². The molecular formula is C19H33NO6. The maximum atomic E-state index is 12.8. The van der Waals surface area contributed by atoms with Crippen molar-refractivity contribution in [2.45, 2.75) is 77.9 Å². The van der Waals surface area contributed by atoms with Crippen LogP contribution in [0, 0.1) is 5.92 Å². The zero-order chi connectivity index (χ0) is 19.3. The summed E-state index contributed by atoms with van der Waals surface area (Å²) in [5, 5.41) is 0. The summed E-state index contributed by atoms with van der Waals surface area (Å²) in [6.07, 6.45) is 0.638. The number of morpholine rings is 1. The van der Waals surface area contributed by atoms with E-state index in [0.29, 0.717) is 39.3 Å². The van der Waals surface area contributed by atoms with Crippen molar-refractivity contribution >= 4 is 11.9 Å². The molecule has 7 nitrogen and oxygen atoms in total. The largest absolute Gasteiger partial charge is 0.444 e. The van der Waals surface area contributed by atoms with E-state index in [1.165, 1.54) is 0 Å². The second kappa shape index (κ2) is 9.15. The van der Waals surface area contributed by atoms with E-state index in [2.05, 4.69) is 0 Å². The quantitative estimate of drug-likeness (QED) is 0.641. The first kappa shape index (κ1) is 21.1. The third-order valence-electron chi connectivity index (χ3n) is 4.65. The maximum absolute atomic E-state index is 12.8. The number of hydrogen-bond acceptors (Lipinski definition) is 6. The molecule has 26 heavy (non-hydrogen) atoms. The molecule has 0 aliphatic carbocycles. The molecule has 0 aromatic rings. The number of carbonyl (C=O) groups excluding carboxylic acids is 2. The highest BCUT2D eigenvalue weighted by atomic mass is 16.7. The molecule has 1 amide bonds. The van der Waals surface area contributed by atoms with Crippen LogP contribution in [0.2, 0.25) is 0 Å². The Morgan fingerprint density at radius 3 is 2.08 bits per heavy atom. The lowest BCUT2D eigenvalue weighted by Gasteiger charge is -2.48. The SMILES string of the molecule is CCOC(CC(=O)C1CC2COCC(C1)N2C(=O)OC(C)(C)C)OCC. The molecule has 0 aromatic carbocycles. The van der Waals surface area contributed by atoms with Gasteiger partial charge in [0.1, 0.15) is 11.4 Å². The van der Waals surface area contributed by atoms with Crippen molar-refractivity contribution in [2.24, 2.45) is 5.92 Å². The van der Waals surface area contributed by atoms with Crippen LogP contribution in [-0.2, 0) is 23.7 Å². The van der Waals surface area contributed by atoms with Gasteiger partial charge in [-0.15, -0.1) is 0 Å². The lowest BCUT2D eigenvalue weighted by molar-refractivity contribution is -0.158. The van der Waals surface area contributed by atoms with E-state index in [1.54, 1.807) is 4.90 Å². The molecule has 0 radical (unpaired) electrons. The summed E-state index contributed by atoms with van der Waals surface area (Å²) in [6, 6.07) is -0.243. The molecule has 2 unspecified atom stereocenters. The van der Waals surface area contributed by atoms with Crippen LogP contribution in [0.4, 0.5) is 4.79 Å². The average Bonchev–Trinajstić information content (AvgIpc) is 2.52. The van der Waals surface area contributed by atoms with Crippen LogP contribution >= 0.6 is 0 Å². The highest BCUT2D eigenvalue weighted by molar-refractivity contribution is 5.82. The molecule has 2 aliphatic heterocycles. The van der Waals surface area contributed by atoms with E-state index in [4.69, 9.17) is 18.9 Å². The molecule has 2 atom stereocenters. The number of nitrogens with zero attached hydrogens (tertiary/aromatic N) is 1.